The molecule has 2 aromatic heterocycles. The quantitative estimate of drug-likeness (QED) is 0.168. The van der Waals surface area contributed by atoms with Crippen molar-refractivity contribution >= 4 is 34.1 Å². The van der Waals surface area contributed by atoms with E-state index in [-0.39, 0.29) is 48.5 Å². The number of H-pyrrole nitrogens is 1. The van der Waals surface area contributed by atoms with E-state index in [1.54, 1.807) is 12.1 Å². The highest BCUT2D eigenvalue weighted by Gasteiger charge is 2.30. The van der Waals surface area contributed by atoms with Crippen molar-refractivity contribution in [1.29, 1.82) is 0 Å². The molecular formula is C25H25N7O4. The molecular weight excluding hydrogens is 462 g/mol. The molecule has 0 saturated heterocycles. The van der Waals surface area contributed by atoms with Gasteiger partial charge < -0.3 is 25.6 Å². The second-order valence-corrected chi connectivity index (χ2v) is 8.57. The fourth-order valence-corrected chi connectivity index (χ4v) is 4.52. The molecule has 1 amide bonds. The fraction of sp³-hybridized carbons (Fsp3) is 0.240. The van der Waals surface area contributed by atoms with E-state index in [4.69, 9.17) is 0 Å². The summed E-state index contributed by atoms with van der Waals surface area (Å²) in [6.07, 6.45) is 2.23. The molecule has 1 aliphatic heterocycles. The number of benzene rings is 2. The van der Waals surface area contributed by atoms with Crippen LogP contribution in [0.2, 0.25) is 0 Å². The molecule has 0 fully saturated rings. The molecule has 0 bridgehead atoms. The number of nitrogens with zero attached hydrogens (tertiary/aromatic N) is 4. The summed E-state index contributed by atoms with van der Waals surface area (Å²) in [5.41, 5.74) is 3.90. The largest absolute Gasteiger partial charge is 0.508 e. The van der Waals surface area contributed by atoms with E-state index in [9.17, 15) is 20.0 Å². The summed E-state index contributed by atoms with van der Waals surface area (Å²) in [6.45, 7) is 1.59. The number of nitrogens with one attached hydrogen (secondary N) is 3. The highest BCUT2D eigenvalue weighted by molar-refractivity contribution is 5.85. The molecule has 4 N–H and O–H groups in total. The van der Waals surface area contributed by atoms with E-state index < -0.39 is 4.92 Å². The summed E-state index contributed by atoms with van der Waals surface area (Å²) >= 11 is 0. The number of hydrogen-bond donors (Lipinski definition) is 4. The Morgan fingerprint density at radius 1 is 1.14 bits per heavy atom. The maximum atomic E-state index is 12.2. The number of aromatic nitrogens is 3. The van der Waals surface area contributed by atoms with Gasteiger partial charge in [0.2, 0.25) is 17.5 Å². The molecule has 0 radical (unpaired) electrons. The Morgan fingerprint density at radius 3 is 2.75 bits per heavy atom. The second-order valence-electron chi connectivity index (χ2n) is 8.57. The van der Waals surface area contributed by atoms with Crippen LogP contribution in [0.1, 0.15) is 16.8 Å². The van der Waals surface area contributed by atoms with Gasteiger partial charge in [0.25, 0.3) is 0 Å². The van der Waals surface area contributed by atoms with Crippen LogP contribution in [0.15, 0.2) is 54.9 Å². The van der Waals surface area contributed by atoms with Crippen LogP contribution in [0.3, 0.4) is 0 Å². The van der Waals surface area contributed by atoms with E-state index in [2.05, 4.69) is 31.7 Å². The van der Waals surface area contributed by atoms with Gasteiger partial charge in [-0.15, -0.1) is 0 Å². The van der Waals surface area contributed by atoms with Crippen LogP contribution in [0.5, 0.6) is 5.75 Å². The normalized spacial score (nSPS) is 12.8. The van der Waals surface area contributed by atoms with E-state index in [0.29, 0.717) is 13.1 Å². The lowest BCUT2D eigenvalue weighted by Crippen LogP contribution is -2.32. The predicted molar refractivity (Wildman–Crippen MR) is 135 cm³/mol. The highest BCUT2D eigenvalue weighted by Crippen LogP contribution is 2.35. The molecule has 184 valence electrons. The van der Waals surface area contributed by atoms with Gasteiger partial charge in [-0.05, 0) is 35.7 Å². The zero-order valence-electron chi connectivity index (χ0n) is 19.4. The Hall–Kier alpha value is -4.67. The molecule has 0 aliphatic carbocycles. The first kappa shape index (κ1) is 23.1. The SMILES string of the molecule is O=C(Cc1ccc(O)cc1)NCCNc1ncnc(N2CCc3c([nH]c4ccccc34)C2)c1[N+](=O)[O-]. The molecule has 1 aliphatic rings. The third-order valence-corrected chi connectivity index (χ3v) is 6.21. The van der Waals surface area contributed by atoms with Crippen LogP contribution in [0.4, 0.5) is 17.3 Å². The van der Waals surface area contributed by atoms with Gasteiger partial charge in [-0.3, -0.25) is 14.9 Å². The molecule has 0 atom stereocenters. The number of carbonyl (C=O) groups excluding carboxylic acids is 1. The number of rotatable bonds is 8. The van der Waals surface area contributed by atoms with Crippen LogP contribution in [-0.2, 0) is 24.2 Å². The number of amides is 1. The van der Waals surface area contributed by atoms with Gasteiger partial charge in [-0.2, -0.15) is 0 Å². The zero-order valence-corrected chi connectivity index (χ0v) is 19.4. The molecule has 11 heteroatoms. The summed E-state index contributed by atoms with van der Waals surface area (Å²) in [5, 5.41) is 28.3. The lowest BCUT2D eigenvalue weighted by molar-refractivity contribution is -0.383. The molecule has 5 rings (SSSR count). The lowest BCUT2D eigenvalue weighted by atomic mass is 10.0. The van der Waals surface area contributed by atoms with Gasteiger partial charge in [0.15, 0.2) is 0 Å². The number of para-hydroxylation sites is 1. The minimum absolute atomic E-state index is 0.111. The van der Waals surface area contributed by atoms with Crippen LogP contribution in [0, 0.1) is 10.1 Å². The Morgan fingerprint density at radius 2 is 1.94 bits per heavy atom. The van der Waals surface area contributed by atoms with E-state index in [1.165, 1.54) is 29.4 Å². The minimum atomic E-state index is -0.470. The van der Waals surface area contributed by atoms with Crippen molar-refractivity contribution in [2.75, 3.05) is 29.9 Å². The fourth-order valence-electron chi connectivity index (χ4n) is 4.52. The Bertz CT molecular complexity index is 1420. The smallest absolute Gasteiger partial charge is 0.353 e. The van der Waals surface area contributed by atoms with Gasteiger partial charge in [0, 0.05) is 36.2 Å². The molecule has 0 spiro atoms. The lowest BCUT2D eigenvalue weighted by Gasteiger charge is -2.27. The molecule has 0 saturated carbocycles. The predicted octanol–water partition coefficient (Wildman–Crippen LogP) is 2.91. The average molecular weight is 488 g/mol. The van der Waals surface area contributed by atoms with Crippen molar-refractivity contribution in [3.8, 4) is 5.75 Å². The van der Waals surface area contributed by atoms with Gasteiger partial charge in [0.05, 0.1) is 17.9 Å². The molecule has 4 aromatic rings. The van der Waals surface area contributed by atoms with Crippen molar-refractivity contribution in [2.24, 2.45) is 0 Å². The first-order valence-corrected chi connectivity index (χ1v) is 11.6. The monoisotopic (exact) mass is 487 g/mol. The van der Waals surface area contributed by atoms with Gasteiger partial charge >= 0.3 is 5.69 Å². The topological polar surface area (TPSA) is 149 Å². The van der Waals surface area contributed by atoms with Crippen molar-refractivity contribution in [3.63, 3.8) is 0 Å². The van der Waals surface area contributed by atoms with E-state index in [0.717, 1.165) is 23.2 Å². The third kappa shape index (κ3) is 4.76. The molecule has 3 heterocycles. The zero-order chi connectivity index (χ0) is 25.1. The third-order valence-electron chi connectivity index (χ3n) is 6.21. The number of aromatic amines is 1. The summed E-state index contributed by atoms with van der Waals surface area (Å²) < 4.78 is 0. The van der Waals surface area contributed by atoms with Crippen molar-refractivity contribution in [3.05, 3.63) is 81.8 Å². The van der Waals surface area contributed by atoms with Crippen LogP contribution < -0.4 is 15.5 Å². The minimum Gasteiger partial charge on any atom is -0.508 e. The van der Waals surface area contributed by atoms with Crippen molar-refractivity contribution < 1.29 is 14.8 Å². The standard InChI is InChI=1S/C25H25N7O4/c33-17-7-5-16(6-8-17)13-22(34)26-10-11-27-24-23(32(35)36)25(29-15-28-24)31-12-9-19-18-3-1-2-4-20(18)30-21(19)14-31/h1-8,15,30,33H,9-14H2,(H,26,34)(H,27,28,29). The van der Waals surface area contributed by atoms with Gasteiger partial charge in [-0.1, -0.05) is 30.3 Å². The van der Waals surface area contributed by atoms with Crippen molar-refractivity contribution in [2.45, 2.75) is 19.4 Å². The summed E-state index contributed by atoms with van der Waals surface area (Å²) in [7, 11) is 0. The van der Waals surface area contributed by atoms with E-state index >= 15 is 0 Å². The molecule has 0 unspecified atom stereocenters. The number of phenolic OH excluding ortho intramolecular Hbond substituents is 1. The van der Waals surface area contributed by atoms with Crippen LogP contribution >= 0.6 is 0 Å². The first-order valence-electron chi connectivity index (χ1n) is 11.6. The average Bonchev–Trinajstić information content (AvgIpc) is 3.25. The van der Waals surface area contributed by atoms with Gasteiger partial charge in [0.1, 0.15) is 12.1 Å². The van der Waals surface area contributed by atoms with Crippen LogP contribution in [0.25, 0.3) is 10.9 Å². The van der Waals surface area contributed by atoms with Crippen LogP contribution in [-0.4, -0.2) is 50.5 Å². The van der Waals surface area contributed by atoms with Gasteiger partial charge in [-0.25, -0.2) is 9.97 Å². The summed E-state index contributed by atoms with van der Waals surface area (Å²) in [6, 6.07) is 14.5. The Labute approximate surface area is 206 Å². The summed E-state index contributed by atoms with van der Waals surface area (Å²) in [5.74, 6) is 0.321. The maximum Gasteiger partial charge on any atom is 0.353 e. The first-order chi connectivity index (χ1) is 17.5. The number of hydrogen-bond acceptors (Lipinski definition) is 8. The number of anilines is 2. The number of phenols is 1. The molecule has 2 aromatic carbocycles. The Kier molecular flexibility index (Phi) is 6.35. The molecule has 36 heavy (non-hydrogen) atoms. The summed E-state index contributed by atoms with van der Waals surface area (Å²) in [4.78, 5) is 37.4. The second kappa shape index (κ2) is 9.90. The van der Waals surface area contributed by atoms with E-state index in [1.807, 2.05) is 23.1 Å². The highest BCUT2D eigenvalue weighted by atomic mass is 16.6. The van der Waals surface area contributed by atoms with Crippen molar-refractivity contribution in [1.82, 2.24) is 20.3 Å². The number of fused-ring (bicyclic) bond motifs is 3. The Balaban J connectivity index is 1.24. The number of aromatic hydroxyl groups is 1. The molecule has 11 nitrogen and oxygen atoms in total. The number of carbonyl (C=O) groups is 1. The maximum absolute atomic E-state index is 12.2. The number of nitro groups is 1.